The quantitative estimate of drug-likeness (QED) is 0.707. The summed E-state index contributed by atoms with van der Waals surface area (Å²) in [6.45, 7) is 6.78. The average molecular weight is 413 g/mol. The monoisotopic (exact) mass is 412 g/mol. The number of benzene rings is 1. The zero-order chi connectivity index (χ0) is 18.6. The van der Waals surface area contributed by atoms with Gasteiger partial charge in [-0.2, -0.15) is 0 Å². The van der Waals surface area contributed by atoms with Gasteiger partial charge in [0.25, 0.3) is 0 Å². The maximum absolute atomic E-state index is 13.7. The predicted molar refractivity (Wildman–Crippen MR) is 101 cm³/mol. The van der Waals surface area contributed by atoms with Crippen LogP contribution >= 0.6 is 15.9 Å². The molecule has 2 N–H and O–H groups in total. The minimum Gasteiger partial charge on any atom is -0.345 e. The van der Waals surface area contributed by atoms with E-state index in [-0.39, 0.29) is 11.7 Å². The molecular weight excluding hydrogens is 387 g/mol. The summed E-state index contributed by atoms with van der Waals surface area (Å²) in [5.41, 5.74) is 0.308. The lowest BCUT2D eigenvalue weighted by Crippen LogP contribution is -2.44. The van der Waals surface area contributed by atoms with Crippen molar-refractivity contribution >= 4 is 33.4 Å². The van der Waals surface area contributed by atoms with Crippen molar-refractivity contribution in [3.05, 3.63) is 28.5 Å². The highest BCUT2D eigenvalue weighted by Crippen LogP contribution is 2.40. The number of halogens is 2. The number of amides is 2. The fourth-order valence-electron chi connectivity index (χ4n) is 3.33. The summed E-state index contributed by atoms with van der Waals surface area (Å²) in [4.78, 5) is 24.1. The molecule has 0 saturated heterocycles. The Bertz CT molecular complexity index is 640. The molecule has 6 heteroatoms. The van der Waals surface area contributed by atoms with E-state index in [1.165, 1.54) is 12.1 Å². The van der Waals surface area contributed by atoms with Gasteiger partial charge in [-0.05, 0) is 55.2 Å². The van der Waals surface area contributed by atoms with E-state index < -0.39 is 17.6 Å². The second kappa shape index (κ2) is 8.30. The van der Waals surface area contributed by atoms with Gasteiger partial charge in [-0.25, -0.2) is 4.39 Å². The maximum Gasteiger partial charge on any atom is 0.313 e. The predicted octanol–water partition coefficient (Wildman–Crippen LogP) is 4.64. The molecule has 25 heavy (non-hydrogen) atoms. The van der Waals surface area contributed by atoms with Crippen LogP contribution in [0, 0.1) is 17.2 Å². The molecule has 0 spiro atoms. The van der Waals surface area contributed by atoms with E-state index in [0.717, 1.165) is 32.1 Å². The van der Waals surface area contributed by atoms with Crippen LogP contribution < -0.4 is 10.6 Å². The van der Waals surface area contributed by atoms with E-state index in [0.29, 0.717) is 15.8 Å². The van der Waals surface area contributed by atoms with Gasteiger partial charge in [0.2, 0.25) is 0 Å². The van der Waals surface area contributed by atoms with Gasteiger partial charge in [-0.1, -0.05) is 43.1 Å². The molecule has 1 aliphatic carbocycles. The van der Waals surface area contributed by atoms with Crippen molar-refractivity contribution in [2.24, 2.45) is 11.3 Å². The number of nitrogens with one attached hydrogen (secondary N) is 2. The van der Waals surface area contributed by atoms with Gasteiger partial charge in [0.15, 0.2) is 0 Å². The van der Waals surface area contributed by atoms with Crippen molar-refractivity contribution in [2.75, 3.05) is 5.32 Å². The Kier molecular flexibility index (Phi) is 6.60. The van der Waals surface area contributed by atoms with Crippen molar-refractivity contribution in [1.82, 2.24) is 5.32 Å². The van der Waals surface area contributed by atoms with Gasteiger partial charge in [-0.3, -0.25) is 9.59 Å². The Balaban J connectivity index is 1.85. The first-order chi connectivity index (χ1) is 11.7. The molecule has 1 aliphatic rings. The van der Waals surface area contributed by atoms with Gasteiger partial charge >= 0.3 is 11.8 Å². The Morgan fingerprint density at radius 3 is 2.40 bits per heavy atom. The Hall–Kier alpha value is -1.43. The molecule has 0 aromatic heterocycles. The molecule has 2 rings (SSSR count). The van der Waals surface area contributed by atoms with Gasteiger partial charge in [0.1, 0.15) is 5.82 Å². The second-order valence-electron chi connectivity index (χ2n) is 7.44. The Morgan fingerprint density at radius 1 is 1.20 bits per heavy atom. The van der Waals surface area contributed by atoms with Crippen LogP contribution in [0.5, 0.6) is 0 Å². The first-order valence-electron chi connectivity index (χ1n) is 8.80. The number of anilines is 1. The normalized spacial score (nSPS) is 20.8. The van der Waals surface area contributed by atoms with Crippen LogP contribution in [0.2, 0.25) is 0 Å². The van der Waals surface area contributed by atoms with Crippen molar-refractivity contribution in [3.8, 4) is 0 Å². The average Bonchev–Trinajstić information content (AvgIpc) is 2.57. The minimum absolute atomic E-state index is 0.00301. The molecular formula is C19H26BrFN2O2. The van der Waals surface area contributed by atoms with Gasteiger partial charge < -0.3 is 10.6 Å². The molecule has 1 aromatic carbocycles. The van der Waals surface area contributed by atoms with Crippen molar-refractivity contribution in [3.63, 3.8) is 0 Å². The number of rotatable bonds is 4. The van der Waals surface area contributed by atoms with Crippen LogP contribution in [0.4, 0.5) is 10.1 Å². The van der Waals surface area contributed by atoms with Crippen LogP contribution in [0.25, 0.3) is 0 Å². The molecule has 0 atom stereocenters. The third-order valence-corrected chi connectivity index (χ3v) is 5.96. The highest BCUT2D eigenvalue weighted by atomic mass is 79.9. The lowest BCUT2D eigenvalue weighted by molar-refractivity contribution is -0.136. The lowest BCUT2D eigenvalue weighted by atomic mass is 9.69. The van der Waals surface area contributed by atoms with Crippen LogP contribution in [0.15, 0.2) is 22.7 Å². The highest BCUT2D eigenvalue weighted by molar-refractivity contribution is 9.10. The molecule has 4 nitrogen and oxygen atoms in total. The second-order valence-corrected chi connectivity index (χ2v) is 8.36. The first-order valence-corrected chi connectivity index (χ1v) is 9.59. The third-order valence-electron chi connectivity index (χ3n) is 5.46. The highest BCUT2D eigenvalue weighted by Gasteiger charge is 2.32. The molecule has 0 unspecified atom stereocenters. The molecule has 0 radical (unpaired) electrons. The summed E-state index contributed by atoms with van der Waals surface area (Å²) >= 11 is 3.15. The van der Waals surface area contributed by atoms with Crippen molar-refractivity contribution < 1.29 is 14.0 Å². The van der Waals surface area contributed by atoms with Crippen LogP contribution in [0.1, 0.15) is 52.9 Å². The summed E-state index contributed by atoms with van der Waals surface area (Å²) in [7, 11) is 0. The fourth-order valence-corrected chi connectivity index (χ4v) is 3.66. The van der Waals surface area contributed by atoms with E-state index in [2.05, 4.69) is 47.3 Å². The number of carbonyl (C=O) groups excluding carboxylic acids is 2. The van der Waals surface area contributed by atoms with E-state index in [1.807, 2.05) is 0 Å². The molecule has 1 aromatic rings. The zero-order valence-electron chi connectivity index (χ0n) is 15.0. The Labute approximate surface area is 157 Å². The zero-order valence-corrected chi connectivity index (χ0v) is 16.6. The molecule has 0 aliphatic heterocycles. The third kappa shape index (κ3) is 5.27. The largest absolute Gasteiger partial charge is 0.345 e. The lowest BCUT2D eigenvalue weighted by Gasteiger charge is -2.39. The van der Waals surface area contributed by atoms with E-state index in [1.54, 1.807) is 6.07 Å². The number of hydrogen-bond donors (Lipinski definition) is 2. The van der Waals surface area contributed by atoms with Crippen LogP contribution in [-0.2, 0) is 9.59 Å². The molecule has 0 heterocycles. The maximum atomic E-state index is 13.7. The molecule has 0 bridgehead atoms. The molecule has 1 fully saturated rings. The molecule has 138 valence electrons. The van der Waals surface area contributed by atoms with Gasteiger partial charge in [-0.15, -0.1) is 0 Å². The topological polar surface area (TPSA) is 58.2 Å². The SMILES string of the molecule is CCC(C)(C)C1CCC(NC(=O)C(=O)Nc2ccc(Br)cc2F)CC1. The van der Waals surface area contributed by atoms with E-state index >= 15 is 0 Å². The summed E-state index contributed by atoms with van der Waals surface area (Å²) in [6.07, 6.45) is 4.98. The molecule has 2 amide bonds. The summed E-state index contributed by atoms with van der Waals surface area (Å²) in [5.74, 6) is -1.48. The smallest absolute Gasteiger partial charge is 0.313 e. The van der Waals surface area contributed by atoms with Gasteiger partial charge in [0, 0.05) is 10.5 Å². The number of carbonyl (C=O) groups is 2. The summed E-state index contributed by atoms with van der Waals surface area (Å²) < 4.78 is 14.3. The van der Waals surface area contributed by atoms with Gasteiger partial charge in [0.05, 0.1) is 5.69 Å². The summed E-state index contributed by atoms with van der Waals surface area (Å²) in [6, 6.07) is 4.28. The summed E-state index contributed by atoms with van der Waals surface area (Å²) in [5, 5.41) is 5.10. The minimum atomic E-state index is -0.836. The van der Waals surface area contributed by atoms with Crippen LogP contribution in [-0.4, -0.2) is 17.9 Å². The van der Waals surface area contributed by atoms with E-state index in [4.69, 9.17) is 0 Å². The Morgan fingerprint density at radius 2 is 1.84 bits per heavy atom. The standard InChI is InChI=1S/C19H26BrFN2O2/c1-4-19(2,3)12-5-8-14(9-6-12)22-17(24)18(25)23-16-10-7-13(20)11-15(16)21/h7,10-12,14H,4-6,8-9H2,1-3H3,(H,22,24)(H,23,25). The number of hydrogen-bond acceptors (Lipinski definition) is 2. The first kappa shape index (κ1) is 19.9. The van der Waals surface area contributed by atoms with Crippen molar-refractivity contribution in [2.45, 2.75) is 58.9 Å². The van der Waals surface area contributed by atoms with Crippen LogP contribution in [0.3, 0.4) is 0 Å². The fraction of sp³-hybridized carbons (Fsp3) is 0.579. The molecule has 1 saturated carbocycles. The van der Waals surface area contributed by atoms with E-state index in [9.17, 15) is 14.0 Å². The van der Waals surface area contributed by atoms with Crippen molar-refractivity contribution in [1.29, 1.82) is 0 Å².